The maximum absolute atomic E-state index is 7.33. The Bertz CT molecular complexity index is 34.5. The predicted molar refractivity (Wildman–Crippen MR) is 33.9 cm³/mol. The van der Waals surface area contributed by atoms with Gasteiger partial charge in [-0.1, -0.05) is 0 Å². The van der Waals surface area contributed by atoms with Crippen molar-refractivity contribution in [3.63, 3.8) is 0 Å². The molecule has 0 spiro atoms. The normalized spacial score (nSPS) is 5.00. The summed E-state index contributed by atoms with van der Waals surface area (Å²) in [6.07, 6.45) is 0. The molecule has 0 rings (SSSR count). The second kappa shape index (κ2) is 29.2. The third-order valence-electron chi connectivity index (χ3n) is 0. The van der Waals surface area contributed by atoms with E-state index in [0.717, 1.165) is 0 Å². The molecule has 0 bridgehead atoms. The molecule has 0 saturated heterocycles. The van der Waals surface area contributed by atoms with E-state index in [4.69, 9.17) is 19.2 Å². The fraction of sp³-hybridized carbons (Fsp3) is 0. The summed E-state index contributed by atoms with van der Waals surface area (Å²) >= 11 is 0. The first-order chi connectivity index (χ1) is 2.00. The maximum atomic E-state index is 7.33. The van der Waals surface area contributed by atoms with Crippen molar-refractivity contribution >= 4 is 69.8 Å². The molecule has 0 aliphatic rings. The van der Waals surface area contributed by atoms with Gasteiger partial charge in [-0.3, -0.25) is 0 Å². The van der Waals surface area contributed by atoms with Crippen molar-refractivity contribution in [3.8, 4) is 0 Å². The molecule has 8 nitrogen and oxygen atoms in total. The molecule has 0 aliphatic carbocycles. The molecule has 0 amide bonds. The molecule has 64 valence electrons. The Hall–Kier alpha value is 2.81. The summed E-state index contributed by atoms with van der Waals surface area (Å²) in [5.74, 6) is 0. The van der Waals surface area contributed by atoms with Gasteiger partial charge in [0, 0.05) is 0 Å². The SMILES string of the molecule is O[Si](O)(O)O.[Ca+2].[Mg+2].[OH-].[OH-].[OH-].[OH-].[Zr+4]. The van der Waals surface area contributed by atoms with Gasteiger partial charge in [-0.15, -0.1) is 0 Å². The third-order valence-corrected chi connectivity index (χ3v) is 0. The molecule has 0 aromatic heterocycles. The van der Waals surface area contributed by atoms with Crippen molar-refractivity contribution in [1.29, 1.82) is 0 Å². The van der Waals surface area contributed by atoms with Crippen LogP contribution in [0.4, 0.5) is 0 Å². The number of hydrogen-bond donors (Lipinski definition) is 4. The number of rotatable bonds is 0. The average Bonchev–Trinajstić information content (AvgIpc) is 0.722. The zero-order chi connectivity index (χ0) is 4.50. The van der Waals surface area contributed by atoms with Crippen molar-refractivity contribution in [2.45, 2.75) is 0 Å². The Labute approximate surface area is 135 Å². The molecule has 0 radical (unpaired) electrons. The zero-order valence-corrected chi connectivity index (χ0v) is 13.1. The summed E-state index contributed by atoms with van der Waals surface area (Å²) in [5.41, 5.74) is 0. The van der Waals surface area contributed by atoms with Gasteiger partial charge in [0.1, 0.15) is 0 Å². The quantitative estimate of drug-likeness (QED) is 0.322. The van der Waals surface area contributed by atoms with Crippen LogP contribution in [0.3, 0.4) is 0 Å². The standard InChI is InChI=1S/Ca.Mg.H4O4Si.4H2O.Zr/c;;1-5(2,3)4;;;;;/h;;1-4H;4*1H2;/q2*+2;;;;;;+4/p-4. The zero-order valence-electron chi connectivity index (χ0n) is 5.99. The molecule has 0 aromatic rings. The summed E-state index contributed by atoms with van der Waals surface area (Å²) in [6.45, 7) is 0. The van der Waals surface area contributed by atoms with Crippen LogP contribution in [0.2, 0.25) is 0 Å². The fourth-order valence-corrected chi connectivity index (χ4v) is 0. The molecule has 0 heterocycles. The first kappa shape index (κ1) is 60.9. The summed E-state index contributed by atoms with van der Waals surface area (Å²) in [7, 11) is -4.61. The molecular weight excluding hydrogens is 312 g/mol. The van der Waals surface area contributed by atoms with Gasteiger partial charge in [-0.05, 0) is 0 Å². The second-order valence-corrected chi connectivity index (χ2v) is 1.80. The van der Waals surface area contributed by atoms with E-state index in [1.165, 1.54) is 0 Å². The summed E-state index contributed by atoms with van der Waals surface area (Å²) in [6, 6.07) is 0. The van der Waals surface area contributed by atoms with Crippen LogP contribution < -0.4 is 0 Å². The Morgan fingerprint density at radius 2 is 0.667 bits per heavy atom. The van der Waals surface area contributed by atoms with Gasteiger partial charge in [0.15, 0.2) is 0 Å². The van der Waals surface area contributed by atoms with Crippen LogP contribution in [-0.4, -0.2) is 111 Å². The minimum absolute atomic E-state index is 0. The van der Waals surface area contributed by atoms with Crippen molar-refractivity contribution < 1.29 is 67.3 Å². The smallest absolute Gasteiger partial charge is 0.870 e. The second-order valence-electron chi connectivity index (χ2n) is 0.600. The van der Waals surface area contributed by atoms with Gasteiger partial charge < -0.3 is 41.1 Å². The van der Waals surface area contributed by atoms with Crippen LogP contribution in [0.25, 0.3) is 0 Å². The molecule has 0 unspecified atom stereocenters. The van der Waals surface area contributed by atoms with Crippen molar-refractivity contribution in [1.82, 2.24) is 0 Å². The summed E-state index contributed by atoms with van der Waals surface area (Å²) < 4.78 is 0. The molecule has 0 atom stereocenters. The van der Waals surface area contributed by atoms with Crippen LogP contribution in [0.1, 0.15) is 0 Å². The Kier molecular flexibility index (Phi) is 148. The van der Waals surface area contributed by atoms with E-state index in [2.05, 4.69) is 0 Å². The summed E-state index contributed by atoms with van der Waals surface area (Å²) in [4.78, 5) is 29.3. The first-order valence-electron chi connectivity index (χ1n) is 0.894. The molecule has 8 N–H and O–H groups in total. The maximum Gasteiger partial charge on any atom is 4.00 e. The van der Waals surface area contributed by atoms with Crippen molar-refractivity contribution in [2.75, 3.05) is 0 Å². The van der Waals surface area contributed by atoms with Crippen LogP contribution in [0.5, 0.6) is 0 Å². The Morgan fingerprint density at radius 3 is 0.667 bits per heavy atom. The molecule has 0 fully saturated rings. The van der Waals surface area contributed by atoms with Crippen molar-refractivity contribution in [2.24, 2.45) is 0 Å². The van der Waals surface area contributed by atoms with E-state index in [-0.39, 0.29) is 109 Å². The van der Waals surface area contributed by atoms with Crippen LogP contribution in [0, 0.1) is 0 Å². The van der Waals surface area contributed by atoms with Crippen LogP contribution in [-0.2, 0) is 26.2 Å². The molecule has 12 heavy (non-hydrogen) atoms. The first-order valence-corrected chi connectivity index (χ1v) is 2.68. The third kappa shape index (κ3) is 227. The topological polar surface area (TPSA) is 201 Å². The van der Waals surface area contributed by atoms with Gasteiger partial charge in [0.05, 0.1) is 0 Å². The van der Waals surface area contributed by atoms with Gasteiger partial charge in [0.25, 0.3) is 0 Å². The molecular formula is H8CaMgO8SiZr+4. The van der Waals surface area contributed by atoms with Gasteiger partial charge in [0.2, 0.25) is 0 Å². The summed E-state index contributed by atoms with van der Waals surface area (Å²) in [5, 5.41) is 0. The largest absolute Gasteiger partial charge is 4.00 e. The van der Waals surface area contributed by atoms with E-state index >= 15 is 0 Å². The minimum Gasteiger partial charge on any atom is -0.870 e. The average molecular weight is 320 g/mol. The van der Waals surface area contributed by atoms with Crippen molar-refractivity contribution in [3.05, 3.63) is 0 Å². The predicted octanol–water partition coefficient (Wildman–Crippen LogP) is -4.08. The Balaban J connectivity index is -0.00000000381. The molecule has 12 heteroatoms. The Morgan fingerprint density at radius 1 is 0.667 bits per heavy atom. The number of hydrogen-bond acceptors (Lipinski definition) is 8. The fourth-order valence-electron chi connectivity index (χ4n) is 0. The van der Waals surface area contributed by atoms with Crippen LogP contribution in [0.15, 0.2) is 0 Å². The van der Waals surface area contributed by atoms with E-state index in [1.807, 2.05) is 0 Å². The van der Waals surface area contributed by atoms with Gasteiger partial charge in [-0.2, -0.15) is 0 Å². The van der Waals surface area contributed by atoms with Gasteiger partial charge in [-0.25, -0.2) is 0 Å². The molecule has 0 aromatic carbocycles. The van der Waals surface area contributed by atoms with Crippen LogP contribution >= 0.6 is 0 Å². The molecule has 0 aliphatic heterocycles. The monoisotopic (exact) mass is 318 g/mol. The van der Waals surface area contributed by atoms with Gasteiger partial charge >= 0.3 is 96.0 Å². The minimum atomic E-state index is -4.61. The molecule has 0 saturated carbocycles. The van der Waals surface area contributed by atoms with E-state index in [9.17, 15) is 0 Å². The van der Waals surface area contributed by atoms with E-state index in [1.54, 1.807) is 0 Å². The van der Waals surface area contributed by atoms with E-state index < -0.39 is 9.05 Å². The van der Waals surface area contributed by atoms with E-state index in [0.29, 0.717) is 0 Å².